The molecule has 1 unspecified atom stereocenters. The van der Waals surface area contributed by atoms with Crippen LogP contribution in [0.3, 0.4) is 0 Å². The van der Waals surface area contributed by atoms with Crippen molar-refractivity contribution in [2.75, 3.05) is 38.7 Å². The van der Waals surface area contributed by atoms with Gasteiger partial charge in [-0.1, -0.05) is 6.07 Å². The molecule has 0 radical (unpaired) electrons. The Morgan fingerprint density at radius 2 is 2.25 bits per heavy atom. The van der Waals surface area contributed by atoms with Gasteiger partial charge in [-0.15, -0.1) is 24.0 Å². The molecule has 0 amide bonds. The fourth-order valence-corrected chi connectivity index (χ4v) is 3.40. The lowest BCUT2D eigenvalue weighted by Crippen LogP contribution is -2.51. The number of methoxy groups -OCH3 is 1. The van der Waals surface area contributed by atoms with Crippen molar-refractivity contribution < 1.29 is 4.74 Å². The molecule has 0 saturated carbocycles. The number of aliphatic imine (C=N–C) groups is 1. The summed E-state index contributed by atoms with van der Waals surface area (Å²) in [7, 11) is 3.52. The number of hydrogen-bond acceptors (Lipinski definition) is 4. The Hall–Kier alpha value is -1.97. The second-order valence-electron chi connectivity index (χ2n) is 6.91. The molecule has 28 heavy (non-hydrogen) atoms. The fourth-order valence-electron chi connectivity index (χ4n) is 3.40. The summed E-state index contributed by atoms with van der Waals surface area (Å²) in [5.74, 6) is 1.74. The number of piperidine rings is 1. The third-order valence-electron chi connectivity index (χ3n) is 4.80. The molecule has 0 bridgehead atoms. The largest absolute Gasteiger partial charge is 0.497 e. The number of aryl methyl sites for hydroxylation is 1. The van der Waals surface area contributed by atoms with Crippen molar-refractivity contribution >= 4 is 35.6 Å². The van der Waals surface area contributed by atoms with Crippen LogP contribution in [0, 0.1) is 6.92 Å². The highest BCUT2D eigenvalue weighted by molar-refractivity contribution is 14.0. The normalized spacial score (nSPS) is 17.0. The van der Waals surface area contributed by atoms with Crippen molar-refractivity contribution in [1.82, 2.24) is 20.4 Å². The lowest BCUT2D eigenvalue weighted by molar-refractivity contribution is 0.414. The summed E-state index contributed by atoms with van der Waals surface area (Å²) in [6.45, 7) is 5.67. The highest BCUT2D eigenvalue weighted by atomic mass is 127. The summed E-state index contributed by atoms with van der Waals surface area (Å²) in [6.07, 6.45) is 6.21. The molecular formula is C20H31IN6O. The quantitative estimate of drug-likeness (QED) is 0.364. The minimum atomic E-state index is 0. The zero-order valence-electron chi connectivity index (χ0n) is 16.9. The van der Waals surface area contributed by atoms with E-state index < -0.39 is 0 Å². The number of anilines is 1. The van der Waals surface area contributed by atoms with Crippen molar-refractivity contribution in [3.63, 3.8) is 0 Å². The van der Waals surface area contributed by atoms with E-state index in [2.05, 4.69) is 44.7 Å². The molecule has 2 aromatic rings. The molecule has 1 aliphatic rings. The summed E-state index contributed by atoms with van der Waals surface area (Å²) in [6, 6.07) is 8.63. The molecule has 2 heterocycles. The Morgan fingerprint density at radius 1 is 1.39 bits per heavy atom. The number of ether oxygens (including phenoxy) is 1. The van der Waals surface area contributed by atoms with Crippen molar-refractivity contribution in [3.8, 4) is 5.75 Å². The second-order valence-corrected chi connectivity index (χ2v) is 6.91. The van der Waals surface area contributed by atoms with Crippen LogP contribution in [0.1, 0.15) is 18.4 Å². The number of benzene rings is 1. The van der Waals surface area contributed by atoms with E-state index in [1.807, 2.05) is 36.3 Å². The zero-order valence-corrected chi connectivity index (χ0v) is 19.2. The molecule has 1 aromatic carbocycles. The summed E-state index contributed by atoms with van der Waals surface area (Å²) in [5, 5.41) is 11.3. The molecule has 8 heteroatoms. The van der Waals surface area contributed by atoms with E-state index in [4.69, 9.17) is 4.74 Å². The molecule has 1 aromatic heterocycles. The number of hydrogen-bond donors (Lipinski definition) is 2. The van der Waals surface area contributed by atoms with E-state index in [9.17, 15) is 0 Å². The number of aromatic nitrogens is 2. The van der Waals surface area contributed by atoms with Gasteiger partial charge in [-0.2, -0.15) is 5.10 Å². The average molecular weight is 498 g/mol. The van der Waals surface area contributed by atoms with Gasteiger partial charge in [0.2, 0.25) is 0 Å². The van der Waals surface area contributed by atoms with Gasteiger partial charge in [-0.05, 0) is 37.5 Å². The van der Waals surface area contributed by atoms with E-state index in [0.717, 1.165) is 50.7 Å². The first-order valence-electron chi connectivity index (χ1n) is 9.53. The molecule has 2 N–H and O–H groups in total. The maximum Gasteiger partial charge on any atom is 0.191 e. The van der Waals surface area contributed by atoms with Crippen LogP contribution >= 0.6 is 24.0 Å². The van der Waals surface area contributed by atoms with Crippen LogP contribution in [-0.4, -0.2) is 55.6 Å². The Balaban J connectivity index is 0.00000280. The SMILES string of the molecule is CN=C(NCCn1cc(C)cn1)NC1CCCN(c2cccc(OC)c2)C1.I. The molecule has 0 aliphatic carbocycles. The highest BCUT2D eigenvalue weighted by Gasteiger charge is 2.21. The fraction of sp³-hybridized carbons (Fsp3) is 0.500. The van der Waals surface area contributed by atoms with Crippen LogP contribution in [0.2, 0.25) is 0 Å². The van der Waals surface area contributed by atoms with E-state index in [1.54, 1.807) is 7.11 Å². The van der Waals surface area contributed by atoms with Crippen LogP contribution in [0.4, 0.5) is 5.69 Å². The van der Waals surface area contributed by atoms with Crippen LogP contribution < -0.4 is 20.3 Å². The standard InChI is InChI=1S/C20H30N6O.HI/c1-16-13-23-26(14-16)11-9-22-20(21-2)24-17-6-5-10-25(15-17)18-7-4-8-19(12-18)27-3;/h4,7-8,12-14,17H,5-6,9-11,15H2,1-3H3,(H2,21,22,24);1H. The monoisotopic (exact) mass is 498 g/mol. The van der Waals surface area contributed by atoms with E-state index in [0.29, 0.717) is 6.04 Å². The minimum absolute atomic E-state index is 0. The van der Waals surface area contributed by atoms with E-state index in [-0.39, 0.29) is 24.0 Å². The van der Waals surface area contributed by atoms with E-state index in [1.165, 1.54) is 11.3 Å². The lowest BCUT2D eigenvalue weighted by atomic mass is 10.0. The second kappa shape index (κ2) is 11.1. The van der Waals surface area contributed by atoms with Gasteiger partial charge in [0, 0.05) is 50.7 Å². The number of nitrogens with zero attached hydrogens (tertiary/aromatic N) is 4. The molecule has 1 atom stereocenters. The number of nitrogens with one attached hydrogen (secondary N) is 2. The Morgan fingerprint density at radius 3 is 2.96 bits per heavy atom. The van der Waals surface area contributed by atoms with Gasteiger partial charge in [0.25, 0.3) is 0 Å². The first kappa shape index (κ1) is 22.3. The lowest BCUT2D eigenvalue weighted by Gasteiger charge is -2.35. The molecule has 1 aliphatic heterocycles. The van der Waals surface area contributed by atoms with Gasteiger partial charge in [-0.25, -0.2) is 0 Å². The zero-order chi connectivity index (χ0) is 19.1. The van der Waals surface area contributed by atoms with Gasteiger partial charge < -0.3 is 20.3 Å². The molecule has 154 valence electrons. The van der Waals surface area contributed by atoms with Gasteiger partial charge in [0.15, 0.2) is 5.96 Å². The van der Waals surface area contributed by atoms with E-state index >= 15 is 0 Å². The summed E-state index contributed by atoms with van der Waals surface area (Å²) >= 11 is 0. The van der Waals surface area contributed by atoms with Gasteiger partial charge in [0.05, 0.1) is 19.9 Å². The van der Waals surface area contributed by atoms with Crippen molar-refractivity contribution in [2.45, 2.75) is 32.4 Å². The van der Waals surface area contributed by atoms with Crippen LogP contribution in [0.15, 0.2) is 41.7 Å². The smallest absolute Gasteiger partial charge is 0.191 e. The van der Waals surface area contributed by atoms with Crippen LogP contribution in [0.25, 0.3) is 0 Å². The van der Waals surface area contributed by atoms with Crippen molar-refractivity contribution in [3.05, 3.63) is 42.2 Å². The molecule has 0 spiro atoms. The highest BCUT2D eigenvalue weighted by Crippen LogP contribution is 2.24. The Labute approximate surface area is 184 Å². The van der Waals surface area contributed by atoms with Gasteiger partial charge >= 0.3 is 0 Å². The third kappa shape index (κ3) is 6.29. The van der Waals surface area contributed by atoms with Gasteiger partial charge in [-0.3, -0.25) is 9.67 Å². The number of rotatable bonds is 6. The van der Waals surface area contributed by atoms with Crippen LogP contribution in [0.5, 0.6) is 5.75 Å². The predicted octanol–water partition coefficient (Wildman–Crippen LogP) is 2.65. The summed E-state index contributed by atoms with van der Waals surface area (Å²) < 4.78 is 7.30. The molecule has 7 nitrogen and oxygen atoms in total. The topological polar surface area (TPSA) is 66.7 Å². The van der Waals surface area contributed by atoms with Crippen molar-refractivity contribution in [1.29, 1.82) is 0 Å². The molecule has 1 saturated heterocycles. The van der Waals surface area contributed by atoms with Crippen LogP contribution in [-0.2, 0) is 6.54 Å². The van der Waals surface area contributed by atoms with Gasteiger partial charge in [0.1, 0.15) is 5.75 Å². The predicted molar refractivity (Wildman–Crippen MR) is 125 cm³/mol. The molecule has 1 fully saturated rings. The maximum atomic E-state index is 5.36. The average Bonchev–Trinajstić information content (AvgIpc) is 3.12. The van der Waals surface area contributed by atoms with Crippen molar-refractivity contribution in [2.24, 2.45) is 4.99 Å². The minimum Gasteiger partial charge on any atom is -0.497 e. The molecular weight excluding hydrogens is 467 g/mol. The third-order valence-corrected chi connectivity index (χ3v) is 4.80. The first-order chi connectivity index (χ1) is 13.2. The Kier molecular flexibility index (Phi) is 8.88. The number of halogens is 1. The maximum absolute atomic E-state index is 5.36. The Bertz CT molecular complexity index is 763. The summed E-state index contributed by atoms with van der Waals surface area (Å²) in [5.41, 5.74) is 2.38. The molecule has 3 rings (SSSR count). The summed E-state index contributed by atoms with van der Waals surface area (Å²) in [4.78, 5) is 6.78. The number of guanidine groups is 1. The first-order valence-corrected chi connectivity index (χ1v) is 9.53.